The molecule has 0 saturated carbocycles. The molecule has 1 aliphatic rings. The Labute approximate surface area is 149 Å². The first kappa shape index (κ1) is 20.2. The summed E-state index contributed by atoms with van der Waals surface area (Å²) in [5, 5.41) is 0. The van der Waals surface area contributed by atoms with Gasteiger partial charge in [0, 0.05) is 0 Å². The van der Waals surface area contributed by atoms with Gasteiger partial charge in [0.05, 0.1) is 0 Å². The minimum atomic E-state index is 0. The van der Waals surface area contributed by atoms with Crippen LogP contribution in [0.1, 0.15) is 11.1 Å². The maximum absolute atomic E-state index is 4.25. The van der Waals surface area contributed by atoms with Gasteiger partial charge in [-0.3, -0.25) is 6.58 Å². The van der Waals surface area contributed by atoms with Gasteiger partial charge in [-0.1, -0.05) is 35.4 Å². The molecule has 3 aromatic carbocycles. The molecule has 0 aromatic heterocycles. The van der Waals surface area contributed by atoms with Crippen molar-refractivity contribution in [3.63, 3.8) is 0 Å². The maximum Gasteiger partial charge on any atom is 4.00 e. The smallest absolute Gasteiger partial charge is 0.521 e. The summed E-state index contributed by atoms with van der Waals surface area (Å²) in [6, 6.07) is 28.1. The van der Waals surface area contributed by atoms with Gasteiger partial charge in [0.2, 0.25) is 0 Å². The van der Waals surface area contributed by atoms with Gasteiger partial charge in [0.25, 0.3) is 0 Å². The molecule has 0 unspecified atom stereocenters. The molecule has 4 rings (SSSR count). The van der Waals surface area contributed by atoms with E-state index in [9.17, 15) is 0 Å². The van der Waals surface area contributed by atoms with Crippen LogP contribution in [0, 0.1) is 20.1 Å². The van der Waals surface area contributed by atoms with E-state index in [1.165, 1.54) is 22.3 Å². The second-order valence-electron chi connectivity index (χ2n) is 4.36. The van der Waals surface area contributed by atoms with E-state index in [0.717, 1.165) is 6.42 Å². The fourth-order valence-electron chi connectivity index (χ4n) is 2.32. The molecule has 108 valence electrons. The predicted octanol–water partition coefficient (Wildman–Crippen LogP) is 5.52. The van der Waals surface area contributed by atoms with E-state index in [0.29, 0.717) is 0 Å². The van der Waals surface area contributed by atoms with Crippen molar-refractivity contribution in [2.24, 2.45) is 0 Å². The second kappa shape index (κ2) is 10.9. The molecule has 1 aliphatic carbocycles. The standard InChI is InChI=1S/C13H9.C5H5.C2H3.CH3.Ti/c1-3-7-12-10(5-1)9-11-6-2-4-8-13(11)12;1-2-4-5-3-1;1-2;;/h1-5,7-8H,9H2;1-5H;1H,2H2;1H3;/q4*-1;+4. The zero-order chi connectivity index (χ0) is 14.2. The minimum absolute atomic E-state index is 0. The molecule has 0 fully saturated rings. The van der Waals surface area contributed by atoms with Gasteiger partial charge in [-0.2, -0.15) is 48.0 Å². The van der Waals surface area contributed by atoms with Crippen LogP contribution >= 0.6 is 0 Å². The average Bonchev–Trinajstić information content (AvgIpc) is 3.20. The van der Waals surface area contributed by atoms with Crippen molar-refractivity contribution in [3.8, 4) is 11.1 Å². The van der Waals surface area contributed by atoms with Gasteiger partial charge in [0.1, 0.15) is 0 Å². The molecule has 0 atom stereocenters. The Bertz CT molecular complexity index is 578. The third-order valence-corrected chi connectivity index (χ3v) is 3.17. The first-order chi connectivity index (χ1) is 9.95. The largest absolute Gasteiger partial charge is 4.00 e. The quantitative estimate of drug-likeness (QED) is 0.296. The number of hydrogen-bond acceptors (Lipinski definition) is 0. The topological polar surface area (TPSA) is 0 Å². The van der Waals surface area contributed by atoms with Crippen LogP contribution in [-0.2, 0) is 28.1 Å². The fourth-order valence-corrected chi connectivity index (χ4v) is 2.32. The molecule has 1 heteroatoms. The molecule has 0 N–H and O–H groups in total. The molecular weight excluding hydrogens is 300 g/mol. The van der Waals surface area contributed by atoms with E-state index < -0.39 is 0 Å². The van der Waals surface area contributed by atoms with E-state index in [1.807, 2.05) is 36.4 Å². The van der Waals surface area contributed by atoms with Crippen molar-refractivity contribution in [2.45, 2.75) is 6.42 Å². The molecule has 0 bridgehead atoms. The van der Waals surface area contributed by atoms with Crippen molar-refractivity contribution in [1.82, 2.24) is 0 Å². The Kier molecular flexibility index (Phi) is 10.0. The molecular formula is C21H20Ti. The van der Waals surface area contributed by atoms with Crippen molar-refractivity contribution in [3.05, 3.63) is 111 Å². The summed E-state index contributed by atoms with van der Waals surface area (Å²) in [4.78, 5) is 0. The number of fused-ring (bicyclic) bond motifs is 3. The van der Waals surface area contributed by atoms with Gasteiger partial charge in [0.15, 0.2) is 0 Å². The van der Waals surface area contributed by atoms with Crippen molar-refractivity contribution >= 4 is 0 Å². The van der Waals surface area contributed by atoms with Gasteiger partial charge in [-0.05, 0) is 6.42 Å². The summed E-state index contributed by atoms with van der Waals surface area (Å²) in [5.74, 6) is 0. The molecule has 22 heavy (non-hydrogen) atoms. The maximum atomic E-state index is 4.25. The normalized spacial score (nSPS) is 9.27. The van der Waals surface area contributed by atoms with Crippen LogP contribution in [-0.4, -0.2) is 0 Å². The van der Waals surface area contributed by atoms with E-state index in [-0.39, 0.29) is 29.1 Å². The van der Waals surface area contributed by atoms with Gasteiger partial charge < -0.3 is 14.0 Å². The number of hydrogen-bond donors (Lipinski definition) is 0. The SMILES string of the molecule is [CH-]=C.[CH3-].[Ti+4].[c-]1cccc2c1Cc1ccccc1-2.c1cc[cH-]c1. The molecule has 3 aromatic rings. The van der Waals surface area contributed by atoms with Gasteiger partial charge in [-0.15, -0.1) is 5.56 Å². The van der Waals surface area contributed by atoms with Crippen LogP contribution in [0.15, 0.2) is 79.4 Å². The summed E-state index contributed by atoms with van der Waals surface area (Å²) in [7, 11) is 0. The molecule has 0 aliphatic heterocycles. The summed E-state index contributed by atoms with van der Waals surface area (Å²) in [6.45, 7) is 7.00. The zero-order valence-electron chi connectivity index (χ0n) is 12.9. The Morgan fingerprint density at radius 3 is 2.18 bits per heavy atom. The van der Waals surface area contributed by atoms with E-state index in [2.05, 4.69) is 55.6 Å². The average molecular weight is 320 g/mol. The van der Waals surface area contributed by atoms with Crippen LogP contribution < -0.4 is 0 Å². The number of rotatable bonds is 0. The molecule has 0 spiro atoms. The Balaban J connectivity index is 0.000000422. The van der Waals surface area contributed by atoms with Gasteiger partial charge in [-0.25, -0.2) is 12.1 Å². The zero-order valence-corrected chi connectivity index (χ0v) is 14.5. The Hall–Kier alpha value is -1.76. The third kappa shape index (κ3) is 4.91. The summed E-state index contributed by atoms with van der Waals surface area (Å²) >= 11 is 0. The summed E-state index contributed by atoms with van der Waals surface area (Å²) < 4.78 is 0. The Morgan fingerprint density at radius 1 is 0.909 bits per heavy atom. The summed E-state index contributed by atoms with van der Waals surface area (Å²) in [6.07, 6.45) is 1.05. The minimum Gasteiger partial charge on any atom is -0.521 e. The van der Waals surface area contributed by atoms with Gasteiger partial charge >= 0.3 is 21.7 Å². The van der Waals surface area contributed by atoms with Crippen LogP contribution in [0.25, 0.3) is 11.1 Å². The first-order valence-electron chi connectivity index (χ1n) is 6.60. The fraction of sp³-hybridized carbons (Fsp3) is 0.0476. The third-order valence-electron chi connectivity index (χ3n) is 3.17. The van der Waals surface area contributed by atoms with Crippen LogP contribution in [0.2, 0.25) is 0 Å². The van der Waals surface area contributed by atoms with Crippen LogP contribution in [0.5, 0.6) is 0 Å². The van der Waals surface area contributed by atoms with Crippen molar-refractivity contribution < 1.29 is 21.7 Å². The summed E-state index contributed by atoms with van der Waals surface area (Å²) in [5.41, 5.74) is 5.51. The molecule has 0 nitrogen and oxygen atoms in total. The van der Waals surface area contributed by atoms with Crippen LogP contribution in [0.3, 0.4) is 0 Å². The second-order valence-corrected chi connectivity index (χ2v) is 4.36. The monoisotopic (exact) mass is 320 g/mol. The predicted molar refractivity (Wildman–Crippen MR) is 91.9 cm³/mol. The van der Waals surface area contributed by atoms with E-state index >= 15 is 0 Å². The van der Waals surface area contributed by atoms with E-state index in [4.69, 9.17) is 0 Å². The van der Waals surface area contributed by atoms with Crippen LogP contribution in [0.4, 0.5) is 0 Å². The first-order valence-corrected chi connectivity index (χ1v) is 6.60. The van der Waals surface area contributed by atoms with E-state index in [1.54, 1.807) is 0 Å². The van der Waals surface area contributed by atoms with Crippen molar-refractivity contribution in [1.29, 1.82) is 0 Å². The number of benzene rings is 2. The van der Waals surface area contributed by atoms with Crippen molar-refractivity contribution in [2.75, 3.05) is 0 Å². The molecule has 0 amide bonds. The molecule has 0 heterocycles. The molecule has 0 saturated heterocycles. The molecule has 0 radical (unpaired) electrons. The Morgan fingerprint density at radius 2 is 1.55 bits per heavy atom.